The summed E-state index contributed by atoms with van der Waals surface area (Å²) < 4.78 is 1.19. The van der Waals surface area contributed by atoms with Crippen LogP contribution < -0.4 is 0 Å². The normalized spacial score (nSPS) is 13.0. The van der Waals surface area contributed by atoms with E-state index in [0.717, 1.165) is 17.2 Å². The third-order valence-electron chi connectivity index (χ3n) is 3.03. The van der Waals surface area contributed by atoms with Gasteiger partial charge in [-0.1, -0.05) is 70.7 Å². The summed E-state index contributed by atoms with van der Waals surface area (Å²) in [6.45, 7) is 4.61. The molecular weight excluding hydrogens is 340 g/mol. The topological polar surface area (TPSA) is 0 Å². The number of halogens is 2. The van der Waals surface area contributed by atoms with Crippen molar-refractivity contribution in [2.75, 3.05) is 5.33 Å². The molecule has 0 saturated carbocycles. The molecule has 0 aliphatic carbocycles. The Kier molecular flexibility index (Phi) is 7.45. The monoisotopic (exact) mass is 360 g/mol. The third-order valence-corrected chi connectivity index (χ3v) is 4.43. The zero-order valence-corrected chi connectivity index (χ0v) is 13.9. The number of benzene rings is 1. The Morgan fingerprint density at radius 1 is 1.18 bits per heavy atom. The van der Waals surface area contributed by atoms with Crippen molar-refractivity contribution in [3.8, 4) is 0 Å². The van der Waals surface area contributed by atoms with Gasteiger partial charge in [0.25, 0.3) is 0 Å². The van der Waals surface area contributed by atoms with E-state index in [1.807, 2.05) is 0 Å². The van der Waals surface area contributed by atoms with Crippen LogP contribution in [0.5, 0.6) is 0 Å². The van der Waals surface area contributed by atoms with Gasteiger partial charge in [0.15, 0.2) is 0 Å². The third kappa shape index (κ3) is 6.61. The first-order valence-corrected chi connectivity index (χ1v) is 8.33. The molecule has 96 valence electrons. The van der Waals surface area contributed by atoms with E-state index in [1.54, 1.807) is 0 Å². The van der Waals surface area contributed by atoms with Crippen molar-refractivity contribution in [1.29, 1.82) is 0 Å². The Labute approximate surface area is 122 Å². The molecule has 0 radical (unpaired) electrons. The Morgan fingerprint density at radius 3 is 2.53 bits per heavy atom. The maximum Gasteiger partial charge on any atom is 0.0177 e. The summed E-state index contributed by atoms with van der Waals surface area (Å²) in [6.07, 6.45) is 5.21. The van der Waals surface area contributed by atoms with E-state index < -0.39 is 0 Å². The smallest absolute Gasteiger partial charge is 0.0177 e. The van der Waals surface area contributed by atoms with Crippen LogP contribution in [-0.2, 0) is 6.42 Å². The molecule has 0 fully saturated rings. The fraction of sp³-hybridized carbons (Fsp3) is 0.600. The predicted molar refractivity (Wildman–Crippen MR) is 83.8 cm³/mol. The van der Waals surface area contributed by atoms with Crippen molar-refractivity contribution in [3.05, 3.63) is 34.3 Å². The molecule has 0 aromatic heterocycles. The molecule has 0 N–H and O–H groups in total. The Hall–Kier alpha value is 0.180. The molecule has 1 aromatic rings. The minimum atomic E-state index is 0.767. The van der Waals surface area contributed by atoms with Crippen LogP contribution in [0.15, 0.2) is 28.7 Å². The van der Waals surface area contributed by atoms with Crippen molar-refractivity contribution < 1.29 is 0 Å². The first-order chi connectivity index (χ1) is 8.11. The minimum absolute atomic E-state index is 0.767. The maximum absolute atomic E-state index is 3.65. The second-order valence-corrected chi connectivity index (χ2v) is 6.74. The van der Waals surface area contributed by atoms with Gasteiger partial charge in [0.1, 0.15) is 0 Å². The quantitative estimate of drug-likeness (QED) is 0.536. The molecule has 17 heavy (non-hydrogen) atoms. The summed E-state index contributed by atoms with van der Waals surface area (Å²) >= 11 is 7.18. The van der Waals surface area contributed by atoms with Gasteiger partial charge in [-0.05, 0) is 42.4 Å². The molecule has 0 saturated heterocycles. The van der Waals surface area contributed by atoms with Crippen molar-refractivity contribution in [2.45, 2.75) is 39.5 Å². The zero-order valence-electron chi connectivity index (χ0n) is 10.8. The number of hydrogen-bond acceptors (Lipinski definition) is 0. The van der Waals surface area contributed by atoms with Crippen LogP contribution >= 0.6 is 31.9 Å². The average Bonchev–Trinajstić information content (AvgIpc) is 2.27. The van der Waals surface area contributed by atoms with Crippen molar-refractivity contribution in [1.82, 2.24) is 0 Å². The van der Waals surface area contributed by atoms with E-state index in [0.29, 0.717) is 0 Å². The van der Waals surface area contributed by atoms with Gasteiger partial charge < -0.3 is 0 Å². The van der Waals surface area contributed by atoms with Crippen LogP contribution in [0.1, 0.15) is 38.7 Å². The molecule has 1 unspecified atom stereocenters. The highest BCUT2D eigenvalue weighted by atomic mass is 79.9. The largest absolute Gasteiger partial charge is 0.0925 e. The molecular formula is C15H22Br2. The Bertz CT molecular complexity index is 320. The molecule has 1 rings (SSSR count). The fourth-order valence-corrected chi connectivity index (χ4v) is 3.05. The SMILES string of the molecule is CC(C)CCCC(CBr)Cc1cccc(Br)c1. The molecule has 1 atom stereocenters. The molecule has 1 aromatic carbocycles. The average molecular weight is 362 g/mol. The van der Waals surface area contributed by atoms with Gasteiger partial charge in [-0.25, -0.2) is 0 Å². The van der Waals surface area contributed by atoms with Crippen LogP contribution in [0.25, 0.3) is 0 Å². The van der Waals surface area contributed by atoms with E-state index in [-0.39, 0.29) is 0 Å². The Balaban J connectivity index is 2.41. The molecule has 0 bridgehead atoms. The van der Waals surface area contributed by atoms with Crippen LogP contribution in [-0.4, -0.2) is 5.33 Å². The molecule has 0 aliphatic heterocycles. The van der Waals surface area contributed by atoms with Gasteiger partial charge in [0, 0.05) is 9.80 Å². The van der Waals surface area contributed by atoms with E-state index in [9.17, 15) is 0 Å². The molecule has 0 nitrogen and oxygen atoms in total. The maximum atomic E-state index is 3.65. The molecule has 0 amide bonds. The van der Waals surface area contributed by atoms with Crippen LogP contribution in [0.2, 0.25) is 0 Å². The second kappa shape index (κ2) is 8.31. The predicted octanol–water partition coefficient (Wildman–Crippen LogP) is 5.83. The first-order valence-electron chi connectivity index (χ1n) is 6.42. The van der Waals surface area contributed by atoms with E-state index in [2.05, 4.69) is 70.0 Å². The van der Waals surface area contributed by atoms with Gasteiger partial charge in [-0.3, -0.25) is 0 Å². The second-order valence-electron chi connectivity index (χ2n) is 5.18. The fourth-order valence-electron chi connectivity index (χ4n) is 2.05. The van der Waals surface area contributed by atoms with Crippen molar-refractivity contribution in [2.24, 2.45) is 11.8 Å². The van der Waals surface area contributed by atoms with Crippen LogP contribution in [0.4, 0.5) is 0 Å². The van der Waals surface area contributed by atoms with Crippen LogP contribution in [0, 0.1) is 11.8 Å². The van der Waals surface area contributed by atoms with E-state index >= 15 is 0 Å². The van der Waals surface area contributed by atoms with Crippen LogP contribution in [0.3, 0.4) is 0 Å². The van der Waals surface area contributed by atoms with Gasteiger partial charge in [0.2, 0.25) is 0 Å². The van der Waals surface area contributed by atoms with Gasteiger partial charge in [-0.2, -0.15) is 0 Å². The molecule has 0 spiro atoms. The van der Waals surface area contributed by atoms with Gasteiger partial charge >= 0.3 is 0 Å². The lowest BCUT2D eigenvalue weighted by atomic mass is 9.94. The zero-order chi connectivity index (χ0) is 12.7. The highest BCUT2D eigenvalue weighted by molar-refractivity contribution is 9.10. The van der Waals surface area contributed by atoms with E-state index in [4.69, 9.17) is 0 Å². The van der Waals surface area contributed by atoms with E-state index in [1.165, 1.54) is 35.7 Å². The summed E-state index contributed by atoms with van der Waals surface area (Å²) in [5.41, 5.74) is 1.44. The summed E-state index contributed by atoms with van der Waals surface area (Å²) in [6, 6.07) is 8.67. The lowest BCUT2D eigenvalue weighted by Gasteiger charge is -2.15. The lowest BCUT2D eigenvalue weighted by Crippen LogP contribution is -2.07. The highest BCUT2D eigenvalue weighted by Gasteiger charge is 2.09. The standard InChI is InChI=1S/C15H22Br2/c1-12(2)5-3-7-14(11-16)9-13-6-4-8-15(17)10-13/h4,6,8,10,12,14H,3,5,7,9,11H2,1-2H3. The summed E-state index contributed by atoms with van der Waals surface area (Å²) in [4.78, 5) is 0. The molecule has 0 heterocycles. The minimum Gasteiger partial charge on any atom is -0.0925 e. The number of hydrogen-bond donors (Lipinski definition) is 0. The van der Waals surface area contributed by atoms with Crippen molar-refractivity contribution in [3.63, 3.8) is 0 Å². The van der Waals surface area contributed by atoms with Gasteiger partial charge in [0.05, 0.1) is 0 Å². The van der Waals surface area contributed by atoms with Crippen molar-refractivity contribution >= 4 is 31.9 Å². The lowest BCUT2D eigenvalue weighted by molar-refractivity contribution is 0.462. The Morgan fingerprint density at radius 2 is 1.94 bits per heavy atom. The molecule has 2 heteroatoms. The summed E-state index contributed by atoms with van der Waals surface area (Å²) in [5, 5.41) is 1.11. The first kappa shape index (κ1) is 15.2. The molecule has 0 aliphatic rings. The summed E-state index contributed by atoms with van der Waals surface area (Å²) in [5.74, 6) is 1.60. The van der Waals surface area contributed by atoms with Gasteiger partial charge in [-0.15, -0.1) is 0 Å². The number of alkyl halides is 1. The summed E-state index contributed by atoms with van der Waals surface area (Å²) in [7, 11) is 0. The highest BCUT2D eigenvalue weighted by Crippen LogP contribution is 2.21. The number of rotatable bonds is 7.